The van der Waals surface area contributed by atoms with Crippen molar-refractivity contribution in [1.82, 2.24) is 14.8 Å². The molecule has 6 nitrogen and oxygen atoms in total. The van der Waals surface area contributed by atoms with Gasteiger partial charge >= 0.3 is 5.97 Å². The number of hydrogen-bond acceptors (Lipinski definition) is 4. The Hall–Kier alpha value is -3.15. The standard InChI is InChI=1S/C19H18N4O2/c24-19(25)13-6-8-15(9-7-13)23-18-16(5-1-2-11-21-18)17(22-23)14-4-3-10-20-12-14/h3-4,6-10,12,21H,1-2,5,11H2,(H,24,25). The molecule has 3 aromatic rings. The quantitative estimate of drug-likeness (QED) is 0.767. The molecule has 0 radical (unpaired) electrons. The predicted octanol–water partition coefficient (Wildman–Crippen LogP) is 3.38. The van der Waals surface area contributed by atoms with Crippen LogP contribution in [0.15, 0.2) is 48.8 Å². The molecule has 1 aromatic carbocycles. The molecular weight excluding hydrogens is 316 g/mol. The van der Waals surface area contributed by atoms with E-state index in [0.29, 0.717) is 0 Å². The minimum atomic E-state index is -0.931. The third kappa shape index (κ3) is 2.87. The zero-order valence-electron chi connectivity index (χ0n) is 13.6. The van der Waals surface area contributed by atoms with Crippen molar-refractivity contribution in [1.29, 1.82) is 0 Å². The maximum Gasteiger partial charge on any atom is 0.335 e. The summed E-state index contributed by atoms with van der Waals surface area (Å²) in [6.45, 7) is 0.901. The molecule has 0 fully saturated rings. The molecule has 0 bridgehead atoms. The lowest BCUT2D eigenvalue weighted by molar-refractivity contribution is 0.0697. The van der Waals surface area contributed by atoms with Gasteiger partial charge in [-0.05, 0) is 55.7 Å². The molecule has 2 N–H and O–H groups in total. The number of carboxylic acid groups (broad SMARTS) is 1. The second kappa shape index (κ2) is 6.39. The van der Waals surface area contributed by atoms with Crippen LogP contribution in [-0.4, -0.2) is 32.4 Å². The van der Waals surface area contributed by atoms with Crippen LogP contribution in [0.5, 0.6) is 0 Å². The maximum atomic E-state index is 11.1. The number of nitrogens with zero attached hydrogens (tertiary/aromatic N) is 3. The van der Waals surface area contributed by atoms with E-state index in [1.807, 2.05) is 23.0 Å². The number of nitrogens with one attached hydrogen (secondary N) is 1. The summed E-state index contributed by atoms with van der Waals surface area (Å²) in [5.74, 6) is 0.0550. The second-order valence-corrected chi connectivity index (χ2v) is 6.07. The summed E-state index contributed by atoms with van der Waals surface area (Å²) in [5.41, 5.74) is 4.21. The van der Waals surface area contributed by atoms with Crippen molar-refractivity contribution in [3.63, 3.8) is 0 Å². The average molecular weight is 334 g/mol. The largest absolute Gasteiger partial charge is 0.478 e. The van der Waals surface area contributed by atoms with Crippen molar-refractivity contribution in [2.75, 3.05) is 11.9 Å². The Morgan fingerprint density at radius 3 is 2.72 bits per heavy atom. The lowest BCUT2D eigenvalue weighted by atomic mass is 10.1. The fourth-order valence-electron chi connectivity index (χ4n) is 3.17. The second-order valence-electron chi connectivity index (χ2n) is 6.07. The van der Waals surface area contributed by atoms with Crippen molar-refractivity contribution in [3.05, 3.63) is 59.9 Å². The van der Waals surface area contributed by atoms with Gasteiger partial charge < -0.3 is 10.4 Å². The van der Waals surface area contributed by atoms with E-state index in [2.05, 4.69) is 10.3 Å². The summed E-state index contributed by atoms with van der Waals surface area (Å²) >= 11 is 0. The van der Waals surface area contributed by atoms with E-state index in [4.69, 9.17) is 10.2 Å². The lowest BCUT2D eigenvalue weighted by Gasteiger charge is -2.09. The van der Waals surface area contributed by atoms with Crippen LogP contribution in [0.25, 0.3) is 16.9 Å². The van der Waals surface area contributed by atoms with E-state index >= 15 is 0 Å². The molecule has 1 aliphatic rings. The third-order valence-corrected chi connectivity index (χ3v) is 4.42. The van der Waals surface area contributed by atoms with Gasteiger partial charge in [0.1, 0.15) is 5.82 Å². The molecule has 0 aliphatic carbocycles. The van der Waals surface area contributed by atoms with Crippen LogP contribution in [0.3, 0.4) is 0 Å². The molecule has 2 aromatic heterocycles. The summed E-state index contributed by atoms with van der Waals surface area (Å²) in [5, 5.41) is 17.4. The minimum absolute atomic E-state index is 0.266. The zero-order valence-corrected chi connectivity index (χ0v) is 13.6. The normalized spacial score (nSPS) is 13.6. The van der Waals surface area contributed by atoms with Crippen LogP contribution in [-0.2, 0) is 6.42 Å². The first-order chi connectivity index (χ1) is 12.2. The van der Waals surface area contributed by atoms with Gasteiger partial charge in [-0.15, -0.1) is 0 Å². The first-order valence-electron chi connectivity index (χ1n) is 8.34. The smallest absolute Gasteiger partial charge is 0.335 e. The number of aromatic nitrogens is 3. The van der Waals surface area contributed by atoms with Crippen molar-refractivity contribution in [2.45, 2.75) is 19.3 Å². The molecule has 6 heteroatoms. The lowest BCUT2D eigenvalue weighted by Crippen LogP contribution is -2.07. The fraction of sp³-hybridized carbons (Fsp3) is 0.211. The summed E-state index contributed by atoms with van der Waals surface area (Å²) < 4.78 is 1.87. The topological polar surface area (TPSA) is 80.0 Å². The fourth-order valence-corrected chi connectivity index (χ4v) is 3.17. The number of carbonyl (C=O) groups is 1. The van der Waals surface area contributed by atoms with Crippen LogP contribution in [0.2, 0.25) is 0 Å². The van der Waals surface area contributed by atoms with Crippen LogP contribution in [0, 0.1) is 0 Å². The van der Waals surface area contributed by atoms with Crippen molar-refractivity contribution < 1.29 is 9.90 Å². The molecule has 4 rings (SSSR count). The van der Waals surface area contributed by atoms with Crippen LogP contribution < -0.4 is 5.32 Å². The molecule has 0 spiro atoms. The van der Waals surface area contributed by atoms with Crippen LogP contribution >= 0.6 is 0 Å². The van der Waals surface area contributed by atoms with Gasteiger partial charge in [0.15, 0.2) is 0 Å². The van der Waals surface area contributed by atoms with E-state index in [0.717, 1.165) is 48.6 Å². The molecule has 3 heterocycles. The first-order valence-corrected chi connectivity index (χ1v) is 8.34. The highest BCUT2D eigenvalue weighted by molar-refractivity contribution is 5.87. The van der Waals surface area contributed by atoms with E-state index in [9.17, 15) is 4.79 Å². The highest BCUT2D eigenvalue weighted by atomic mass is 16.4. The zero-order chi connectivity index (χ0) is 17.2. The number of aromatic carboxylic acids is 1. The first kappa shape index (κ1) is 15.4. The molecule has 126 valence electrons. The van der Waals surface area contributed by atoms with Gasteiger partial charge in [0, 0.05) is 30.1 Å². The van der Waals surface area contributed by atoms with E-state index in [-0.39, 0.29) is 5.56 Å². The summed E-state index contributed by atoms with van der Waals surface area (Å²) in [4.78, 5) is 15.3. The predicted molar refractivity (Wildman–Crippen MR) is 95.2 cm³/mol. The van der Waals surface area contributed by atoms with Crippen molar-refractivity contribution in [3.8, 4) is 16.9 Å². The Bertz CT molecular complexity index is 901. The molecule has 1 aliphatic heterocycles. The Balaban J connectivity index is 1.85. The van der Waals surface area contributed by atoms with Gasteiger partial charge in [-0.3, -0.25) is 4.98 Å². The number of benzene rings is 1. The SMILES string of the molecule is O=C(O)c1ccc(-n2nc(-c3cccnc3)c3c2NCCCC3)cc1. The molecule has 0 amide bonds. The molecule has 0 saturated heterocycles. The van der Waals surface area contributed by atoms with Crippen molar-refractivity contribution >= 4 is 11.8 Å². The van der Waals surface area contributed by atoms with Gasteiger partial charge in [0.05, 0.1) is 16.9 Å². The minimum Gasteiger partial charge on any atom is -0.478 e. The number of anilines is 1. The summed E-state index contributed by atoms with van der Waals surface area (Å²) in [7, 11) is 0. The molecule has 25 heavy (non-hydrogen) atoms. The summed E-state index contributed by atoms with van der Waals surface area (Å²) in [6, 6.07) is 10.7. The van der Waals surface area contributed by atoms with Crippen molar-refractivity contribution in [2.24, 2.45) is 0 Å². The number of carboxylic acids is 1. The van der Waals surface area contributed by atoms with Gasteiger partial charge in [0.2, 0.25) is 0 Å². The van der Waals surface area contributed by atoms with Crippen LogP contribution in [0.4, 0.5) is 5.82 Å². The number of fused-ring (bicyclic) bond motifs is 1. The van der Waals surface area contributed by atoms with E-state index in [1.54, 1.807) is 30.5 Å². The molecule has 0 atom stereocenters. The number of hydrogen-bond donors (Lipinski definition) is 2. The van der Waals surface area contributed by atoms with Crippen LogP contribution in [0.1, 0.15) is 28.8 Å². The number of pyridine rings is 1. The molecule has 0 unspecified atom stereocenters. The maximum absolute atomic E-state index is 11.1. The van der Waals surface area contributed by atoms with Gasteiger partial charge in [0.25, 0.3) is 0 Å². The van der Waals surface area contributed by atoms with E-state index < -0.39 is 5.97 Å². The van der Waals surface area contributed by atoms with Gasteiger partial charge in [-0.1, -0.05) is 0 Å². The average Bonchev–Trinajstić information content (AvgIpc) is 2.84. The molecular formula is C19H18N4O2. The monoisotopic (exact) mass is 334 g/mol. The Morgan fingerprint density at radius 2 is 2.00 bits per heavy atom. The number of rotatable bonds is 3. The highest BCUT2D eigenvalue weighted by Crippen LogP contribution is 2.33. The molecule has 0 saturated carbocycles. The Kier molecular flexibility index (Phi) is 3.93. The Labute approximate surface area is 145 Å². The van der Waals surface area contributed by atoms with Gasteiger partial charge in [-0.25, -0.2) is 9.48 Å². The highest BCUT2D eigenvalue weighted by Gasteiger charge is 2.21. The third-order valence-electron chi connectivity index (χ3n) is 4.42. The van der Waals surface area contributed by atoms with E-state index in [1.165, 1.54) is 5.56 Å². The Morgan fingerprint density at radius 1 is 1.16 bits per heavy atom. The summed E-state index contributed by atoms with van der Waals surface area (Å²) in [6.07, 6.45) is 6.75. The van der Waals surface area contributed by atoms with Gasteiger partial charge in [-0.2, -0.15) is 5.10 Å².